The summed E-state index contributed by atoms with van der Waals surface area (Å²) in [5.41, 5.74) is 2.74. The minimum absolute atomic E-state index is 0.0757. The Labute approximate surface area is 210 Å². The van der Waals surface area contributed by atoms with Crippen LogP contribution < -0.4 is 10.2 Å². The minimum atomic E-state index is 0.0757. The first kappa shape index (κ1) is 22.8. The predicted octanol–water partition coefficient (Wildman–Crippen LogP) is 3.45. The predicted molar refractivity (Wildman–Crippen MR) is 133 cm³/mol. The molecule has 2 saturated heterocycles. The van der Waals surface area contributed by atoms with Gasteiger partial charge in [-0.05, 0) is 56.2 Å². The van der Waals surface area contributed by atoms with E-state index >= 15 is 0 Å². The Morgan fingerprint density at radius 1 is 1.14 bits per heavy atom. The zero-order valence-corrected chi connectivity index (χ0v) is 20.2. The van der Waals surface area contributed by atoms with Gasteiger partial charge < -0.3 is 19.9 Å². The number of amides is 1. The van der Waals surface area contributed by atoms with E-state index in [1.54, 1.807) is 18.3 Å². The van der Waals surface area contributed by atoms with Crippen molar-refractivity contribution in [1.29, 1.82) is 10.5 Å². The first-order valence-corrected chi connectivity index (χ1v) is 12.9. The highest BCUT2D eigenvalue weighted by Crippen LogP contribution is 2.45. The molecule has 2 atom stereocenters. The van der Waals surface area contributed by atoms with Gasteiger partial charge in [0.15, 0.2) is 0 Å². The molecule has 2 unspecified atom stereocenters. The van der Waals surface area contributed by atoms with E-state index in [0.29, 0.717) is 60.7 Å². The molecular weight excluding hydrogens is 454 g/mol. The number of aromatic nitrogens is 2. The number of nitrogens with one attached hydrogen (secondary N) is 1. The first-order valence-electron chi connectivity index (χ1n) is 12.9. The van der Waals surface area contributed by atoms with Crippen LogP contribution in [0.4, 0.5) is 17.3 Å². The Morgan fingerprint density at radius 3 is 2.64 bits per heavy atom. The molecule has 4 aliphatic rings. The van der Waals surface area contributed by atoms with Crippen LogP contribution in [0.5, 0.6) is 0 Å². The number of carbonyl (C=O) groups is 1. The van der Waals surface area contributed by atoms with Gasteiger partial charge in [0.2, 0.25) is 5.91 Å². The Kier molecular flexibility index (Phi) is 5.94. The average Bonchev–Trinajstić information content (AvgIpc) is 3.79. The van der Waals surface area contributed by atoms with Gasteiger partial charge in [0.05, 0.1) is 47.1 Å². The van der Waals surface area contributed by atoms with Crippen LogP contribution in [-0.2, 0) is 9.53 Å². The van der Waals surface area contributed by atoms with Gasteiger partial charge >= 0.3 is 0 Å². The number of nitriles is 2. The van der Waals surface area contributed by atoms with Gasteiger partial charge in [-0.15, -0.1) is 0 Å². The van der Waals surface area contributed by atoms with E-state index in [9.17, 15) is 15.3 Å². The van der Waals surface area contributed by atoms with Crippen molar-refractivity contribution in [3.05, 3.63) is 41.2 Å². The Morgan fingerprint density at radius 2 is 1.97 bits per heavy atom. The highest BCUT2D eigenvalue weighted by molar-refractivity contribution is 5.78. The van der Waals surface area contributed by atoms with Crippen molar-refractivity contribution in [1.82, 2.24) is 14.9 Å². The second-order valence-electron chi connectivity index (χ2n) is 10.3. The fourth-order valence-corrected chi connectivity index (χ4v) is 5.27. The maximum Gasteiger partial charge on any atom is 0.225 e. The maximum atomic E-state index is 13.1. The molecule has 0 bridgehead atoms. The maximum absolute atomic E-state index is 13.1. The zero-order chi connectivity index (χ0) is 24.6. The highest BCUT2D eigenvalue weighted by atomic mass is 16.5. The number of pyridine rings is 2. The summed E-state index contributed by atoms with van der Waals surface area (Å²) >= 11 is 0. The molecule has 9 nitrogen and oxygen atoms in total. The molecule has 1 N–H and O–H groups in total. The molecule has 1 amide bonds. The molecule has 36 heavy (non-hydrogen) atoms. The molecule has 184 valence electrons. The van der Waals surface area contributed by atoms with E-state index in [1.165, 1.54) is 0 Å². The summed E-state index contributed by atoms with van der Waals surface area (Å²) in [7, 11) is 0. The van der Waals surface area contributed by atoms with Gasteiger partial charge in [0.1, 0.15) is 17.7 Å². The van der Waals surface area contributed by atoms with Crippen LogP contribution in [0.3, 0.4) is 0 Å². The molecule has 6 rings (SSSR count). The van der Waals surface area contributed by atoms with Crippen molar-refractivity contribution in [3.63, 3.8) is 0 Å². The Bertz CT molecular complexity index is 1250. The van der Waals surface area contributed by atoms with Crippen molar-refractivity contribution < 1.29 is 9.53 Å². The standard InChI is InChI=1S/C27H29N7O2/c28-14-17-5-7-30-24(11-17)31-22-12-20(15-29)27(32-26(22)19-3-4-19)33-8-9-34(23(16-33)18-1-2-18)25(35)13-21-6-10-36-21/h5,7,11-12,18-19,21,23H,1-4,6,8-10,13,16H2,(H,30,31). The van der Waals surface area contributed by atoms with E-state index < -0.39 is 0 Å². The Hall–Kier alpha value is -3.69. The van der Waals surface area contributed by atoms with E-state index in [0.717, 1.165) is 50.1 Å². The van der Waals surface area contributed by atoms with Crippen molar-refractivity contribution in [2.45, 2.75) is 56.6 Å². The van der Waals surface area contributed by atoms with E-state index in [2.05, 4.69) is 32.2 Å². The van der Waals surface area contributed by atoms with Crippen LogP contribution in [-0.4, -0.2) is 59.2 Å². The van der Waals surface area contributed by atoms with E-state index in [4.69, 9.17) is 9.72 Å². The molecule has 4 heterocycles. The SMILES string of the molecule is N#Cc1ccnc(Nc2cc(C#N)c(N3CCN(C(=O)CC4CCO4)C(C4CC4)C3)nc2C2CC2)c1. The molecule has 4 fully saturated rings. The minimum Gasteiger partial charge on any atom is -0.377 e. The van der Waals surface area contributed by atoms with Crippen molar-refractivity contribution in [2.75, 3.05) is 36.5 Å². The van der Waals surface area contributed by atoms with Gasteiger partial charge in [-0.3, -0.25) is 4.79 Å². The summed E-state index contributed by atoms with van der Waals surface area (Å²) < 4.78 is 5.50. The number of rotatable bonds is 7. The zero-order valence-electron chi connectivity index (χ0n) is 20.2. The number of ether oxygens (including phenoxy) is 1. The lowest BCUT2D eigenvalue weighted by Crippen LogP contribution is -2.57. The number of anilines is 3. The normalized spacial score (nSPS) is 23.4. The number of nitrogens with zero attached hydrogens (tertiary/aromatic N) is 6. The molecule has 2 aliphatic heterocycles. The lowest BCUT2D eigenvalue weighted by Gasteiger charge is -2.43. The second-order valence-corrected chi connectivity index (χ2v) is 10.3. The van der Waals surface area contributed by atoms with Crippen LogP contribution in [0.25, 0.3) is 0 Å². The molecule has 9 heteroatoms. The molecule has 2 saturated carbocycles. The summed E-state index contributed by atoms with van der Waals surface area (Å²) in [4.78, 5) is 26.7. The van der Waals surface area contributed by atoms with Crippen LogP contribution in [0.2, 0.25) is 0 Å². The summed E-state index contributed by atoms with van der Waals surface area (Å²) in [6.07, 6.45) is 7.53. The monoisotopic (exact) mass is 483 g/mol. The molecule has 2 aromatic heterocycles. The first-order chi connectivity index (χ1) is 17.6. The van der Waals surface area contributed by atoms with Crippen molar-refractivity contribution in [2.24, 2.45) is 5.92 Å². The summed E-state index contributed by atoms with van der Waals surface area (Å²) in [5.74, 6) is 2.33. The van der Waals surface area contributed by atoms with Crippen molar-refractivity contribution in [3.8, 4) is 12.1 Å². The fourth-order valence-electron chi connectivity index (χ4n) is 5.27. The number of hydrogen-bond donors (Lipinski definition) is 1. The highest BCUT2D eigenvalue weighted by Gasteiger charge is 2.42. The third-order valence-electron chi connectivity index (χ3n) is 7.67. The lowest BCUT2D eigenvalue weighted by molar-refractivity contribution is -0.142. The topological polar surface area (TPSA) is 118 Å². The third kappa shape index (κ3) is 4.59. The molecular formula is C27H29N7O2. The van der Waals surface area contributed by atoms with Gasteiger partial charge in [0.25, 0.3) is 0 Å². The van der Waals surface area contributed by atoms with E-state index in [1.807, 2.05) is 6.07 Å². The lowest BCUT2D eigenvalue weighted by atomic mass is 10.0. The van der Waals surface area contributed by atoms with Crippen LogP contribution in [0.1, 0.15) is 61.3 Å². The van der Waals surface area contributed by atoms with Gasteiger partial charge in [0, 0.05) is 38.4 Å². The van der Waals surface area contributed by atoms with Crippen LogP contribution in [0.15, 0.2) is 24.4 Å². The smallest absolute Gasteiger partial charge is 0.225 e. The van der Waals surface area contributed by atoms with E-state index in [-0.39, 0.29) is 18.1 Å². The summed E-state index contributed by atoms with van der Waals surface area (Å²) in [5, 5.41) is 22.6. The van der Waals surface area contributed by atoms with Crippen molar-refractivity contribution >= 4 is 23.2 Å². The molecule has 0 spiro atoms. The van der Waals surface area contributed by atoms with Crippen LogP contribution >= 0.6 is 0 Å². The molecule has 0 aromatic carbocycles. The molecule has 0 radical (unpaired) electrons. The average molecular weight is 484 g/mol. The molecule has 2 aliphatic carbocycles. The molecule has 2 aromatic rings. The fraction of sp³-hybridized carbons (Fsp3) is 0.519. The second kappa shape index (κ2) is 9.40. The third-order valence-corrected chi connectivity index (χ3v) is 7.67. The van der Waals surface area contributed by atoms with Gasteiger partial charge in [-0.2, -0.15) is 10.5 Å². The van der Waals surface area contributed by atoms with Gasteiger partial charge in [-0.1, -0.05) is 0 Å². The van der Waals surface area contributed by atoms with Gasteiger partial charge in [-0.25, -0.2) is 9.97 Å². The number of piperazine rings is 1. The van der Waals surface area contributed by atoms with Crippen LogP contribution in [0, 0.1) is 28.6 Å². The quantitative estimate of drug-likeness (QED) is 0.636. The number of hydrogen-bond acceptors (Lipinski definition) is 8. The summed E-state index contributed by atoms with van der Waals surface area (Å²) in [6.45, 7) is 2.76. The Balaban J connectivity index is 1.26. The number of carbonyl (C=O) groups excluding carboxylic acids is 1. The summed E-state index contributed by atoms with van der Waals surface area (Å²) in [6, 6.07) is 9.86. The largest absolute Gasteiger partial charge is 0.377 e.